The molecule has 2 aromatic carbocycles. The number of ether oxygens (including phenoxy) is 2. The van der Waals surface area contributed by atoms with Crippen molar-refractivity contribution >= 4 is 17.6 Å². The molecule has 0 saturated carbocycles. The number of carboxylic acid groups (broad SMARTS) is 1. The Morgan fingerprint density at radius 2 is 1.82 bits per heavy atom. The number of benzene rings is 2. The number of amides is 1. The van der Waals surface area contributed by atoms with Gasteiger partial charge in [-0.2, -0.15) is 0 Å². The zero-order chi connectivity index (χ0) is 32.4. The molecule has 0 bridgehead atoms. The maximum Gasteiger partial charge on any atom is 0.335 e. The van der Waals surface area contributed by atoms with Crippen molar-refractivity contribution in [2.24, 2.45) is 7.05 Å². The van der Waals surface area contributed by atoms with Crippen LogP contribution in [0.5, 0.6) is 0 Å². The van der Waals surface area contributed by atoms with Crippen molar-refractivity contribution in [2.75, 3.05) is 31.3 Å². The van der Waals surface area contributed by atoms with E-state index < -0.39 is 53.9 Å². The van der Waals surface area contributed by atoms with Crippen molar-refractivity contribution in [3.63, 3.8) is 0 Å². The Balaban J connectivity index is 1.33. The van der Waals surface area contributed by atoms with Gasteiger partial charge in [-0.3, -0.25) is 14.2 Å². The van der Waals surface area contributed by atoms with Crippen molar-refractivity contribution in [2.45, 2.75) is 51.3 Å². The zero-order valence-corrected chi connectivity index (χ0v) is 24.7. The van der Waals surface area contributed by atoms with Gasteiger partial charge in [-0.25, -0.2) is 27.3 Å². The first-order valence-electron chi connectivity index (χ1n) is 14.4. The average Bonchev–Trinajstić information content (AvgIpc) is 3.00. The summed E-state index contributed by atoms with van der Waals surface area (Å²) in [4.78, 5) is 52.9. The van der Waals surface area contributed by atoms with Gasteiger partial charge in [0, 0.05) is 44.2 Å². The zero-order valence-electron chi connectivity index (χ0n) is 24.7. The molecule has 3 aromatic rings. The van der Waals surface area contributed by atoms with E-state index in [9.17, 15) is 33.1 Å². The van der Waals surface area contributed by atoms with E-state index in [2.05, 4.69) is 5.32 Å². The van der Waals surface area contributed by atoms with E-state index in [4.69, 9.17) is 9.47 Å². The molecule has 0 aliphatic carbocycles. The number of hydrogen-bond donors (Lipinski definition) is 2. The molecule has 2 aliphatic heterocycles. The minimum atomic E-state index is -2.58. The molecule has 14 heteroatoms. The van der Waals surface area contributed by atoms with E-state index in [-0.39, 0.29) is 49.6 Å². The second-order valence-electron chi connectivity index (χ2n) is 11.1. The summed E-state index contributed by atoms with van der Waals surface area (Å²) < 4.78 is 54.6. The topological polar surface area (TPSA) is 132 Å². The van der Waals surface area contributed by atoms with Crippen LogP contribution in [0.25, 0.3) is 5.69 Å². The highest BCUT2D eigenvalue weighted by molar-refractivity contribution is 5.98. The van der Waals surface area contributed by atoms with E-state index >= 15 is 4.39 Å². The first-order valence-corrected chi connectivity index (χ1v) is 14.4. The number of anilines is 1. The van der Waals surface area contributed by atoms with Gasteiger partial charge in [0.15, 0.2) is 0 Å². The average molecular weight is 631 g/mol. The lowest BCUT2D eigenvalue weighted by Gasteiger charge is -2.37. The summed E-state index contributed by atoms with van der Waals surface area (Å²) >= 11 is 0. The van der Waals surface area contributed by atoms with Gasteiger partial charge in [0.05, 0.1) is 49.3 Å². The van der Waals surface area contributed by atoms with E-state index in [1.165, 1.54) is 41.8 Å². The van der Waals surface area contributed by atoms with Crippen LogP contribution >= 0.6 is 0 Å². The number of alkyl halides is 2. The van der Waals surface area contributed by atoms with Gasteiger partial charge in [-0.05, 0) is 42.3 Å². The van der Waals surface area contributed by atoms with Crippen LogP contribution in [-0.4, -0.2) is 71.0 Å². The van der Waals surface area contributed by atoms with Crippen LogP contribution < -0.4 is 21.5 Å². The van der Waals surface area contributed by atoms with E-state index in [0.717, 1.165) is 10.6 Å². The van der Waals surface area contributed by atoms with Gasteiger partial charge in [0.25, 0.3) is 11.5 Å². The third kappa shape index (κ3) is 6.66. The summed E-state index contributed by atoms with van der Waals surface area (Å²) in [7, 11) is 1.59. The van der Waals surface area contributed by atoms with Gasteiger partial charge in [-0.1, -0.05) is 12.1 Å². The Labute approximate surface area is 255 Å². The van der Waals surface area contributed by atoms with Crippen LogP contribution in [0.1, 0.15) is 39.2 Å². The molecule has 0 spiro atoms. The summed E-state index contributed by atoms with van der Waals surface area (Å²) in [6.45, 7) is 2.60. The van der Waals surface area contributed by atoms with Gasteiger partial charge in [0.2, 0.25) is 6.43 Å². The van der Waals surface area contributed by atoms with Gasteiger partial charge >= 0.3 is 11.7 Å². The Morgan fingerprint density at radius 1 is 1.09 bits per heavy atom. The molecule has 1 saturated heterocycles. The molecule has 1 fully saturated rings. The molecule has 0 radical (unpaired) electrons. The standard InChI is InChI=1S/C31H33F3N4O7/c1-17-11-20(37-8-10-45-15-21(37)14-26(33)34)13-23(32)27(17)28(39)35-24(30(41)42)12-18-3-5-19(6-4-18)38-29(40)22-16-44-9-7-25(22)36(2)31(38)43/h3-6,11,13,21,24,26H,7-10,12,14-16H2,1-2H3,(H,35,39)(H,41,42). The van der Waals surface area contributed by atoms with Gasteiger partial charge in [-0.15, -0.1) is 0 Å². The maximum absolute atomic E-state index is 15.3. The van der Waals surface area contributed by atoms with Crippen LogP contribution in [-0.2, 0) is 40.8 Å². The predicted molar refractivity (Wildman–Crippen MR) is 157 cm³/mol. The smallest absolute Gasteiger partial charge is 0.335 e. The lowest BCUT2D eigenvalue weighted by molar-refractivity contribution is -0.139. The molecule has 2 atom stereocenters. The fourth-order valence-corrected chi connectivity index (χ4v) is 5.87. The number of carbonyl (C=O) groups is 2. The summed E-state index contributed by atoms with van der Waals surface area (Å²) in [6, 6.07) is 6.58. The molecule has 240 valence electrons. The summed E-state index contributed by atoms with van der Waals surface area (Å²) in [5, 5.41) is 12.2. The van der Waals surface area contributed by atoms with Gasteiger partial charge < -0.3 is 24.8 Å². The molecule has 45 heavy (non-hydrogen) atoms. The second-order valence-corrected chi connectivity index (χ2v) is 11.1. The van der Waals surface area contributed by atoms with Crippen LogP contribution in [0.15, 0.2) is 46.0 Å². The molecular formula is C31H33F3N4O7. The molecule has 1 aromatic heterocycles. The SMILES string of the molecule is Cc1cc(N2CCOCC2CC(F)F)cc(F)c1C(=O)NC(Cc1ccc(-n2c(=O)c3c(n(C)c2=O)CCOC3)cc1)C(=O)O. The molecule has 5 rings (SSSR count). The number of morpholine rings is 1. The highest BCUT2D eigenvalue weighted by atomic mass is 19.3. The minimum Gasteiger partial charge on any atom is -0.480 e. The summed E-state index contributed by atoms with van der Waals surface area (Å²) in [6.07, 6.45) is -2.76. The molecule has 3 heterocycles. The predicted octanol–water partition coefficient (Wildman–Crippen LogP) is 2.34. The van der Waals surface area contributed by atoms with E-state index in [1.54, 1.807) is 11.9 Å². The Bertz CT molecular complexity index is 1700. The first-order chi connectivity index (χ1) is 21.5. The Morgan fingerprint density at radius 3 is 2.49 bits per heavy atom. The molecule has 2 N–H and O–H groups in total. The summed E-state index contributed by atoms with van der Waals surface area (Å²) in [5.41, 5.74) is 0.947. The third-order valence-corrected chi connectivity index (χ3v) is 8.17. The maximum atomic E-state index is 15.3. The van der Waals surface area contributed by atoms with Crippen molar-refractivity contribution in [1.82, 2.24) is 14.5 Å². The number of aryl methyl sites for hydroxylation is 1. The Hall–Kier alpha value is -4.43. The fraction of sp³-hybridized carbons (Fsp3) is 0.419. The first kappa shape index (κ1) is 32.0. The Kier molecular flexibility index (Phi) is 9.44. The lowest BCUT2D eigenvalue weighted by atomic mass is 10.0. The normalized spacial score (nSPS) is 17.2. The number of halogens is 3. The third-order valence-electron chi connectivity index (χ3n) is 8.17. The van der Waals surface area contributed by atoms with Crippen molar-refractivity contribution < 1.29 is 37.3 Å². The van der Waals surface area contributed by atoms with E-state index in [0.29, 0.717) is 35.5 Å². The monoisotopic (exact) mass is 630 g/mol. The number of carboxylic acids is 1. The highest BCUT2D eigenvalue weighted by Gasteiger charge is 2.29. The van der Waals surface area contributed by atoms with Crippen molar-refractivity contribution in [3.05, 3.63) is 91.0 Å². The van der Waals surface area contributed by atoms with Crippen molar-refractivity contribution in [3.8, 4) is 5.69 Å². The quantitative estimate of drug-likeness (QED) is 0.369. The number of carbonyl (C=O) groups excluding carboxylic acids is 1. The summed E-state index contributed by atoms with van der Waals surface area (Å²) in [5.74, 6) is -3.22. The lowest BCUT2D eigenvalue weighted by Crippen LogP contribution is -2.46. The number of hydrogen-bond acceptors (Lipinski definition) is 7. The van der Waals surface area contributed by atoms with E-state index in [1.807, 2.05) is 0 Å². The molecule has 2 unspecified atom stereocenters. The fourth-order valence-electron chi connectivity index (χ4n) is 5.87. The number of nitrogens with zero attached hydrogens (tertiary/aromatic N) is 3. The minimum absolute atomic E-state index is 0.0597. The number of nitrogens with one attached hydrogen (secondary N) is 1. The second kappa shape index (κ2) is 13.3. The largest absolute Gasteiger partial charge is 0.480 e. The molecule has 2 aliphatic rings. The molecule has 11 nitrogen and oxygen atoms in total. The van der Waals surface area contributed by atoms with Crippen LogP contribution in [0.3, 0.4) is 0 Å². The number of rotatable bonds is 9. The van der Waals surface area contributed by atoms with Crippen LogP contribution in [0, 0.1) is 12.7 Å². The number of fused-ring (bicyclic) bond motifs is 1. The number of aromatic nitrogens is 2. The van der Waals surface area contributed by atoms with Crippen molar-refractivity contribution in [1.29, 1.82) is 0 Å². The molecular weight excluding hydrogens is 597 g/mol. The van der Waals surface area contributed by atoms with Gasteiger partial charge in [0.1, 0.15) is 11.9 Å². The number of aliphatic carboxylic acids is 1. The molecule has 1 amide bonds. The highest BCUT2D eigenvalue weighted by Crippen LogP contribution is 2.28. The van der Waals surface area contributed by atoms with Crippen LogP contribution in [0.4, 0.5) is 18.9 Å². The van der Waals surface area contributed by atoms with Crippen LogP contribution in [0.2, 0.25) is 0 Å².